The Balaban J connectivity index is 1.43. The standard InChI is InChI=1S/C17H32N2O2/c1-21-12-15(13-6-7-13)18-14-8-10-19(11-9-14)16-4-2-3-5-17(16)20/h13-18,20H,2-12H2,1H3. The fourth-order valence-corrected chi connectivity index (χ4v) is 4.22. The molecule has 3 aliphatic rings. The fraction of sp³-hybridized carbons (Fsp3) is 1.00. The zero-order valence-electron chi connectivity index (χ0n) is 13.5. The second kappa shape index (κ2) is 7.40. The highest BCUT2D eigenvalue weighted by Gasteiger charge is 2.35. The van der Waals surface area contributed by atoms with Gasteiger partial charge in [-0.25, -0.2) is 0 Å². The summed E-state index contributed by atoms with van der Waals surface area (Å²) in [6, 6.07) is 1.63. The smallest absolute Gasteiger partial charge is 0.0695 e. The summed E-state index contributed by atoms with van der Waals surface area (Å²) in [5.74, 6) is 0.850. The van der Waals surface area contributed by atoms with Crippen LogP contribution in [0, 0.1) is 5.92 Å². The van der Waals surface area contributed by atoms with Crippen molar-refractivity contribution < 1.29 is 9.84 Å². The van der Waals surface area contributed by atoms with Gasteiger partial charge in [0.15, 0.2) is 0 Å². The molecule has 1 heterocycles. The lowest BCUT2D eigenvalue weighted by molar-refractivity contribution is 0.00568. The van der Waals surface area contributed by atoms with Gasteiger partial charge in [0.25, 0.3) is 0 Å². The van der Waals surface area contributed by atoms with E-state index in [-0.39, 0.29) is 6.10 Å². The third kappa shape index (κ3) is 4.19. The lowest BCUT2D eigenvalue weighted by Crippen LogP contribution is -2.53. The highest BCUT2D eigenvalue weighted by molar-refractivity contribution is 4.92. The van der Waals surface area contributed by atoms with Crippen molar-refractivity contribution in [2.45, 2.75) is 75.6 Å². The number of ether oxygens (including phenoxy) is 1. The number of rotatable bonds is 6. The molecular formula is C17H32N2O2. The van der Waals surface area contributed by atoms with Crippen molar-refractivity contribution in [3.8, 4) is 0 Å². The normalized spacial score (nSPS) is 34.0. The van der Waals surface area contributed by atoms with E-state index in [0.29, 0.717) is 18.1 Å². The Kier molecular flexibility index (Phi) is 5.54. The van der Waals surface area contributed by atoms with Crippen LogP contribution in [-0.4, -0.2) is 61.0 Å². The zero-order valence-corrected chi connectivity index (χ0v) is 13.5. The number of nitrogens with one attached hydrogen (secondary N) is 1. The largest absolute Gasteiger partial charge is 0.391 e. The van der Waals surface area contributed by atoms with Crippen LogP contribution in [0.15, 0.2) is 0 Å². The van der Waals surface area contributed by atoms with E-state index < -0.39 is 0 Å². The Morgan fingerprint density at radius 3 is 2.43 bits per heavy atom. The zero-order chi connectivity index (χ0) is 14.7. The Hall–Kier alpha value is -0.160. The first-order valence-corrected chi connectivity index (χ1v) is 8.95. The van der Waals surface area contributed by atoms with Crippen molar-refractivity contribution in [1.29, 1.82) is 0 Å². The van der Waals surface area contributed by atoms with E-state index in [2.05, 4.69) is 10.2 Å². The number of likely N-dealkylation sites (tertiary alicyclic amines) is 1. The van der Waals surface area contributed by atoms with Gasteiger partial charge < -0.3 is 15.2 Å². The average molecular weight is 296 g/mol. The maximum atomic E-state index is 10.2. The van der Waals surface area contributed by atoms with E-state index in [1.165, 1.54) is 44.9 Å². The molecule has 2 saturated carbocycles. The van der Waals surface area contributed by atoms with Gasteiger partial charge in [-0.3, -0.25) is 4.90 Å². The van der Waals surface area contributed by atoms with E-state index in [1.807, 2.05) is 7.11 Å². The molecule has 4 nitrogen and oxygen atoms in total. The molecular weight excluding hydrogens is 264 g/mol. The lowest BCUT2D eigenvalue weighted by Gasteiger charge is -2.42. The van der Waals surface area contributed by atoms with Crippen LogP contribution in [0.5, 0.6) is 0 Å². The maximum Gasteiger partial charge on any atom is 0.0695 e. The van der Waals surface area contributed by atoms with Gasteiger partial charge in [0.2, 0.25) is 0 Å². The molecule has 3 unspecified atom stereocenters. The summed E-state index contributed by atoms with van der Waals surface area (Å²) in [7, 11) is 1.81. The highest BCUT2D eigenvalue weighted by atomic mass is 16.5. The van der Waals surface area contributed by atoms with E-state index in [9.17, 15) is 5.11 Å². The molecule has 3 rings (SSSR count). The summed E-state index contributed by atoms with van der Waals surface area (Å²) in [5.41, 5.74) is 0. The molecule has 122 valence electrons. The Morgan fingerprint density at radius 1 is 1.10 bits per heavy atom. The van der Waals surface area contributed by atoms with Crippen LogP contribution < -0.4 is 5.32 Å². The van der Waals surface area contributed by atoms with E-state index >= 15 is 0 Å². The second-order valence-corrected chi connectivity index (χ2v) is 7.30. The number of hydrogen-bond donors (Lipinski definition) is 2. The molecule has 0 bridgehead atoms. The topological polar surface area (TPSA) is 44.7 Å². The van der Waals surface area contributed by atoms with Gasteiger partial charge >= 0.3 is 0 Å². The van der Waals surface area contributed by atoms with Crippen molar-refractivity contribution in [3.05, 3.63) is 0 Å². The minimum Gasteiger partial charge on any atom is -0.391 e. The first-order chi connectivity index (χ1) is 10.3. The fourth-order valence-electron chi connectivity index (χ4n) is 4.22. The van der Waals surface area contributed by atoms with Gasteiger partial charge in [-0.15, -0.1) is 0 Å². The monoisotopic (exact) mass is 296 g/mol. The van der Waals surface area contributed by atoms with Gasteiger partial charge in [-0.2, -0.15) is 0 Å². The van der Waals surface area contributed by atoms with Crippen molar-refractivity contribution in [2.75, 3.05) is 26.8 Å². The number of nitrogens with zero attached hydrogens (tertiary/aromatic N) is 1. The van der Waals surface area contributed by atoms with Crippen LogP contribution in [0.2, 0.25) is 0 Å². The number of methoxy groups -OCH3 is 1. The Morgan fingerprint density at radius 2 is 1.81 bits per heavy atom. The summed E-state index contributed by atoms with van der Waals surface area (Å²) >= 11 is 0. The van der Waals surface area contributed by atoms with Crippen molar-refractivity contribution >= 4 is 0 Å². The molecule has 4 heteroatoms. The van der Waals surface area contributed by atoms with Gasteiger partial charge in [-0.05, 0) is 44.4 Å². The van der Waals surface area contributed by atoms with Crippen LogP contribution >= 0.6 is 0 Å². The van der Waals surface area contributed by atoms with Crippen LogP contribution in [0.25, 0.3) is 0 Å². The summed E-state index contributed by atoms with van der Waals surface area (Å²) in [6.07, 6.45) is 9.77. The quantitative estimate of drug-likeness (QED) is 0.784. The molecule has 0 amide bonds. The molecule has 1 saturated heterocycles. The van der Waals surface area contributed by atoms with Crippen molar-refractivity contribution in [3.63, 3.8) is 0 Å². The van der Waals surface area contributed by atoms with Crippen molar-refractivity contribution in [2.24, 2.45) is 5.92 Å². The van der Waals surface area contributed by atoms with Gasteiger partial charge in [0.1, 0.15) is 0 Å². The van der Waals surface area contributed by atoms with Crippen LogP contribution in [0.1, 0.15) is 51.4 Å². The number of hydrogen-bond acceptors (Lipinski definition) is 4. The first kappa shape index (κ1) is 15.7. The third-order valence-electron chi connectivity index (χ3n) is 5.68. The summed E-state index contributed by atoms with van der Waals surface area (Å²) in [6.45, 7) is 3.14. The molecule has 21 heavy (non-hydrogen) atoms. The van der Waals surface area contributed by atoms with Crippen LogP contribution in [0.3, 0.4) is 0 Å². The highest BCUT2D eigenvalue weighted by Crippen LogP contribution is 2.33. The van der Waals surface area contributed by atoms with Crippen molar-refractivity contribution in [1.82, 2.24) is 10.2 Å². The molecule has 2 N–H and O–H groups in total. The minimum absolute atomic E-state index is 0.0871. The van der Waals surface area contributed by atoms with E-state index in [0.717, 1.165) is 32.0 Å². The predicted octanol–water partition coefficient (Wildman–Crippen LogP) is 1.77. The minimum atomic E-state index is -0.0871. The summed E-state index contributed by atoms with van der Waals surface area (Å²) < 4.78 is 5.37. The summed E-state index contributed by atoms with van der Waals surface area (Å²) in [4.78, 5) is 2.55. The average Bonchev–Trinajstić information content (AvgIpc) is 3.33. The van der Waals surface area contributed by atoms with Crippen LogP contribution in [-0.2, 0) is 4.74 Å². The van der Waals surface area contributed by atoms with Crippen LogP contribution in [0.4, 0.5) is 0 Å². The SMILES string of the molecule is COCC(NC1CCN(C2CCCCC2O)CC1)C1CC1. The molecule has 1 aliphatic heterocycles. The predicted molar refractivity (Wildman–Crippen MR) is 84.4 cm³/mol. The number of piperidine rings is 1. The van der Waals surface area contributed by atoms with Gasteiger partial charge in [0.05, 0.1) is 12.7 Å². The molecule has 0 aromatic heterocycles. The molecule has 0 aromatic rings. The molecule has 0 aromatic carbocycles. The number of aliphatic hydroxyl groups excluding tert-OH is 1. The molecule has 0 radical (unpaired) electrons. The number of aliphatic hydroxyl groups is 1. The van der Waals surface area contributed by atoms with E-state index in [1.54, 1.807) is 0 Å². The molecule has 0 spiro atoms. The molecule has 3 atom stereocenters. The Bertz CT molecular complexity index is 314. The third-order valence-corrected chi connectivity index (χ3v) is 5.68. The second-order valence-electron chi connectivity index (χ2n) is 7.30. The molecule has 2 aliphatic carbocycles. The van der Waals surface area contributed by atoms with Gasteiger partial charge in [0, 0.05) is 38.3 Å². The summed E-state index contributed by atoms with van der Waals surface area (Å²) in [5, 5.41) is 14.0. The maximum absolute atomic E-state index is 10.2. The van der Waals surface area contributed by atoms with Gasteiger partial charge in [-0.1, -0.05) is 12.8 Å². The Labute approximate surface area is 129 Å². The molecule has 3 fully saturated rings. The lowest BCUT2D eigenvalue weighted by atomic mass is 9.89. The first-order valence-electron chi connectivity index (χ1n) is 8.95. The van der Waals surface area contributed by atoms with E-state index in [4.69, 9.17) is 4.74 Å².